The van der Waals surface area contributed by atoms with Crippen LogP contribution in [0.2, 0.25) is 0 Å². The van der Waals surface area contributed by atoms with E-state index in [1.807, 2.05) is 0 Å². The van der Waals surface area contributed by atoms with Crippen LogP contribution in [0.4, 0.5) is 0 Å². The molecule has 0 unspecified atom stereocenters. The number of hydrogen-bond donors (Lipinski definition) is 0. The third-order valence-electron chi connectivity index (χ3n) is 0. The van der Waals surface area contributed by atoms with Crippen molar-refractivity contribution in [2.45, 2.75) is 0 Å². The fraction of sp³-hybridized carbons (Fsp3) is 0. The third-order valence-corrected chi connectivity index (χ3v) is 0. The molecule has 0 aromatic rings. The van der Waals surface area contributed by atoms with Gasteiger partial charge in [0.1, 0.15) is 0 Å². The van der Waals surface area contributed by atoms with Crippen molar-refractivity contribution < 1.29 is 49.8 Å². The maximum absolute atomic E-state index is 0. The Bertz CT molecular complexity index is 8.04. The first-order chi connectivity index (χ1) is 0. The van der Waals surface area contributed by atoms with E-state index in [0.717, 1.165) is 0 Å². The van der Waals surface area contributed by atoms with Gasteiger partial charge in [0.2, 0.25) is 0 Å². The zero-order valence-corrected chi connectivity index (χ0v) is 6.51. The third kappa shape index (κ3) is 158. The summed E-state index contributed by atoms with van der Waals surface area (Å²) in [5.74, 6) is 0. The van der Waals surface area contributed by atoms with Crippen molar-refractivity contribution in [3.8, 4) is 0 Å². The SMILES string of the molecule is O.[Al+3].[Nb+5].[O-2].[O-2].[O-2].[O-2]. The minimum Gasteiger partial charge on any atom is -2.00 e. The summed E-state index contributed by atoms with van der Waals surface area (Å²) in [6, 6.07) is 0. The molecule has 2 N–H and O–H groups in total. The Labute approximate surface area is 67.3 Å². The summed E-state index contributed by atoms with van der Waals surface area (Å²) in [5.41, 5.74) is 0. The maximum atomic E-state index is 0. The van der Waals surface area contributed by atoms with Gasteiger partial charge in [0.15, 0.2) is 0 Å². The Hall–Kier alpha value is 1.07. The summed E-state index contributed by atoms with van der Waals surface area (Å²) >= 11 is 0. The Balaban J connectivity index is 0. The van der Waals surface area contributed by atoms with E-state index in [1.54, 1.807) is 0 Å². The summed E-state index contributed by atoms with van der Waals surface area (Å²) in [4.78, 5) is 0. The van der Waals surface area contributed by atoms with Crippen LogP contribution in [0.25, 0.3) is 0 Å². The van der Waals surface area contributed by atoms with Crippen molar-refractivity contribution in [1.82, 2.24) is 0 Å². The molecule has 0 aliphatic carbocycles. The van der Waals surface area contributed by atoms with E-state index in [4.69, 9.17) is 0 Å². The van der Waals surface area contributed by atoms with E-state index in [9.17, 15) is 0 Å². The van der Waals surface area contributed by atoms with E-state index in [0.29, 0.717) is 0 Å². The molecule has 0 aliphatic heterocycles. The van der Waals surface area contributed by atoms with Gasteiger partial charge in [-0.05, 0) is 0 Å². The van der Waals surface area contributed by atoms with Crippen molar-refractivity contribution in [2.75, 3.05) is 0 Å². The molecule has 5 nitrogen and oxygen atoms in total. The predicted octanol–water partition coefficient (Wildman–Crippen LogP) is -1.68. The Morgan fingerprint density at radius 1 is 0.571 bits per heavy atom. The molecule has 0 amide bonds. The molecule has 0 spiro atoms. The van der Waals surface area contributed by atoms with Gasteiger partial charge in [0.25, 0.3) is 0 Å². The van der Waals surface area contributed by atoms with Crippen molar-refractivity contribution in [2.24, 2.45) is 0 Å². The van der Waals surface area contributed by atoms with Crippen LogP contribution >= 0.6 is 0 Å². The number of hydrogen-bond acceptors (Lipinski definition) is 0. The van der Waals surface area contributed by atoms with Gasteiger partial charge in [-0.15, -0.1) is 0 Å². The molecule has 0 aromatic heterocycles. The average molecular weight is 202 g/mol. The first-order valence-electron chi connectivity index (χ1n) is 0. The molecule has 0 fully saturated rings. The summed E-state index contributed by atoms with van der Waals surface area (Å²) in [5, 5.41) is 0. The summed E-state index contributed by atoms with van der Waals surface area (Å²) < 4.78 is 0. The van der Waals surface area contributed by atoms with Gasteiger partial charge in [0.05, 0.1) is 0 Å². The minimum atomic E-state index is 0. The van der Waals surface area contributed by atoms with Gasteiger partial charge in [-0.25, -0.2) is 0 Å². The normalized spacial score (nSPS) is 0. The molecule has 0 rings (SSSR count). The van der Waals surface area contributed by atoms with Crippen LogP contribution in [0.1, 0.15) is 0 Å². The average Bonchev–Trinajstić information content (AvgIpc) is 0. The smallest absolute Gasteiger partial charge is 2.00 e. The van der Waals surface area contributed by atoms with Crippen molar-refractivity contribution >= 4 is 17.4 Å². The van der Waals surface area contributed by atoms with Gasteiger partial charge in [-0.2, -0.15) is 0 Å². The zero-order valence-electron chi connectivity index (χ0n) is 3.16. The summed E-state index contributed by atoms with van der Waals surface area (Å²) in [7, 11) is 0. The molecular formula is H2AlNbO5. The van der Waals surface area contributed by atoms with Crippen LogP contribution in [0, 0.1) is 0 Å². The molecule has 7 heavy (non-hydrogen) atoms. The first-order valence-corrected chi connectivity index (χ1v) is 0. The molecule has 0 radical (unpaired) electrons. The van der Waals surface area contributed by atoms with Crippen LogP contribution in [0.5, 0.6) is 0 Å². The Morgan fingerprint density at radius 2 is 0.571 bits per heavy atom. The van der Waals surface area contributed by atoms with Crippen molar-refractivity contribution in [3.05, 3.63) is 0 Å². The van der Waals surface area contributed by atoms with E-state index in [1.165, 1.54) is 0 Å². The monoisotopic (exact) mass is 202 g/mol. The molecule has 0 aliphatic rings. The second kappa shape index (κ2) is 227. The largest absolute Gasteiger partial charge is 5.00 e. The van der Waals surface area contributed by atoms with Gasteiger partial charge in [0, 0.05) is 0 Å². The van der Waals surface area contributed by atoms with E-state index < -0.39 is 0 Å². The fourth-order valence-corrected chi connectivity index (χ4v) is 0. The van der Waals surface area contributed by atoms with E-state index in [2.05, 4.69) is 0 Å². The van der Waals surface area contributed by atoms with Crippen molar-refractivity contribution in [3.63, 3.8) is 0 Å². The molecule has 0 saturated heterocycles. The first kappa shape index (κ1) is 351. The molecular weight excluding hydrogens is 200 g/mol. The molecule has 0 saturated carbocycles. The van der Waals surface area contributed by atoms with Crippen molar-refractivity contribution in [1.29, 1.82) is 0 Å². The maximum Gasteiger partial charge on any atom is 5.00 e. The molecule has 0 atom stereocenters. The molecule has 0 heterocycles. The van der Waals surface area contributed by atoms with Gasteiger partial charge in [-0.3, -0.25) is 0 Å². The fourth-order valence-electron chi connectivity index (χ4n) is 0. The van der Waals surface area contributed by atoms with Crippen LogP contribution in [0.15, 0.2) is 0 Å². The Morgan fingerprint density at radius 3 is 0.571 bits per heavy atom. The van der Waals surface area contributed by atoms with Gasteiger partial charge in [-0.1, -0.05) is 0 Å². The standard InChI is InChI=1S/Al.Nb.H2O.4O/h;;1H2;;;;/q+3;+5;;4*-2. The van der Waals surface area contributed by atoms with Gasteiger partial charge < -0.3 is 27.4 Å². The Kier molecular flexibility index (Phi) is 11400. The summed E-state index contributed by atoms with van der Waals surface area (Å²) in [6.45, 7) is 0. The molecule has 40 valence electrons. The second-order valence-corrected chi connectivity index (χ2v) is 0. The van der Waals surface area contributed by atoms with Gasteiger partial charge >= 0.3 is 39.7 Å². The van der Waals surface area contributed by atoms with E-state index in [-0.39, 0.29) is 67.1 Å². The summed E-state index contributed by atoms with van der Waals surface area (Å²) in [6.07, 6.45) is 0. The molecule has 7 heteroatoms. The molecule has 0 bridgehead atoms. The molecule has 0 aromatic carbocycles. The zero-order chi connectivity index (χ0) is 0. The quantitative estimate of drug-likeness (QED) is 0.412. The topological polar surface area (TPSA) is 146 Å². The van der Waals surface area contributed by atoms with E-state index >= 15 is 0 Å². The van der Waals surface area contributed by atoms with Crippen LogP contribution in [0.3, 0.4) is 0 Å². The van der Waals surface area contributed by atoms with Crippen LogP contribution < -0.4 is 0 Å². The predicted molar refractivity (Wildman–Crippen MR) is 12.1 cm³/mol. The minimum absolute atomic E-state index is 0. The number of rotatable bonds is 0. The van der Waals surface area contributed by atoms with Crippen LogP contribution in [-0.4, -0.2) is 22.8 Å². The second-order valence-electron chi connectivity index (χ2n) is 0. The van der Waals surface area contributed by atoms with Crippen LogP contribution in [-0.2, 0) is 44.3 Å².